The van der Waals surface area contributed by atoms with E-state index in [1.807, 2.05) is 0 Å². The van der Waals surface area contributed by atoms with Gasteiger partial charge in [0.15, 0.2) is 5.69 Å². The van der Waals surface area contributed by atoms with Gasteiger partial charge in [-0.15, -0.1) is 11.3 Å². The van der Waals surface area contributed by atoms with Gasteiger partial charge >= 0.3 is 5.97 Å². The van der Waals surface area contributed by atoms with Gasteiger partial charge in [0, 0.05) is 24.9 Å². The highest BCUT2D eigenvalue weighted by Gasteiger charge is 2.07. The summed E-state index contributed by atoms with van der Waals surface area (Å²) in [4.78, 5) is 14.7. The fourth-order valence-electron chi connectivity index (χ4n) is 1.66. The number of carbonyl (C=O) groups is 1. The molecule has 1 aromatic heterocycles. The normalized spacial score (nSPS) is 10.6. The van der Waals surface area contributed by atoms with E-state index in [0.717, 1.165) is 24.5 Å². The molecule has 100 valence electrons. The minimum Gasteiger partial charge on any atom is -0.476 e. The first-order chi connectivity index (χ1) is 9.15. The molecule has 0 bridgehead atoms. The Morgan fingerprint density at radius 2 is 2.11 bits per heavy atom. The number of carboxylic acids is 1. The summed E-state index contributed by atoms with van der Waals surface area (Å²) in [5.74, 6) is -0.963. The van der Waals surface area contributed by atoms with Crippen molar-refractivity contribution in [1.29, 1.82) is 0 Å². The van der Waals surface area contributed by atoms with Crippen LogP contribution in [0.2, 0.25) is 0 Å². The first kappa shape index (κ1) is 13.7. The van der Waals surface area contributed by atoms with Gasteiger partial charge in [-0.1, -0.05) is 29.8 Å². The molecule has 2 aromatic rings. The van der Waals surface area contributed by atoms with Crippen LogP contribution in [-0.2, 0) is 13.0 Å². The van der Waals surface area contributed by atoms with E-state index in [4.69, 9.17) is 5.11 Å². The highest BCUT2D eigenvalue weighted by atomic mass is 32.1. The Morgan fingerprint density at radius 1 is 1.37 bits per heavy atom. The first-order valence-electron chi connectivity index (χ1n) is 6.09. The minimum absolute atomic E-state index is 0.138. The number of aromatic nitrogens is 1. The Labute approximate surface area is 116 Å². The molecule has 0 radical (unpaired) electrons. The van der Waals surface area contributed by atoms with Crippen molar-refractivity contribution in [2.24, 2.45) is 0 Å². The van der Waals surface area contributed by atoms with Crippen LogP contribution in [0, 0.1) is 6.92 Å². The number of nitrogens with zero attached hydrogens (tertiary/aromatic N) is 1. The lowest BCUT2D eigenvalue weighted by molar-refractivity contribution is 0.0691. The standard InChI is InChI=1S/C14H16N2O2S/c1-10-2-4-11(5-3-10)8-15-7-6-13-16-12(9-19-13)14(17)18/h2-5,9,15H,6-8H2,1H3,(H,17,18). The maximum Gasteiger partial charge on any atom is 0.355 e. The molecule has 4 nitrogen and oxygen atoms in total. The molecule has 0 amide bonds. The van der Waals surface area contributed by atoms with Gasteiger partial charge in [-0.25, -0.2) is 9.78 Å². The lowest BCUT2D eigenvalue weighted by Gasteiger charge is -2.04. The van der Waals surface area contributed by atoms with Crippen molar-refractivity contribution >= 4 is 17.3 Å². The van der Waals surface area contributed by atoms with Crippen molar-refractivity contribution in [2.45, 2.75) is 19.9 Å². The second-order valence-corrected chi connectivity index (χ2v) is 5.29. The molecule has 0 unspecified atom stereocenters. The van der Waals surface area contributed by atoms with Gasteiger partial charge in [-0.3, -0.25) is 0 Å². The lowest BCUT2D eigenvalue weighted by Crippen LogP contribution is -2.16. The fourth-order valence-corrected chi connectivity index (χ4v) is 2.43. The number of hydrogen-bond acceptors (Lipinski definition) is 4. The van der Waals surface area contributed by atoms with Gasteiger partial charge in [0.1, 0.15) is 0 Å². The third kappa shape index (κ3) is 4.15. The molecular formula is C14H16N2O2S. The summed E-state index contributed by atoms with van der Waals surface area (Å²) in [5.41, 5.74) is 2.64. The van der Waals surface area contributed by atoms with Gasteiger partial charge in [-0.2, -0.15) is 0 Å². The molecule has 0 aliphatic carbocycles. The number of benzene rings is 1. The van der Waals surface area contributed by atoms with Crippen molar-refractivity contribution in [1.82, 2.24) is 10.3 Å². The van der Waals surface area contributed by atoms with Crippen LogP contribution in [0.1, 0.15) is 26.6 Å². The molecule has 1 aromatic carbocycles. The molecule has 0 spiro atoms. The molecule has 0 saturated carbocycles. The van der Waals surface area contributed by atoms with Crippen LogP contribution in [0.3, 0.4) is 0 Å². The smallest absolute Gasteiger partial charge is 0.355 e. The second-order valence-electron chi connectivity index (χ2n) is 4.34. The zero-order chi connectivity index (χ0) is 13.7. The predicted octanol–water partition coefficient (Wildman–Crippen LogP) is 2.48. The first-order valence-corrected chi connectivity index (χ1v) is 6.97. The number of aromatic carboxylic acids is 1. The Balaban J connectivity index is 1.74. The number of rotatable bonds is 6. The monoisotopic (exact) mass is 276 g/mol. The summed E-state index contributed by atoms with van der Waals surface area (Å²) in [5, 5.41) is 14.5. The van der Waals surface area contributed by atoms with Crippen LogP contribution >= 0.6 is 11.3 Å². The lowest BCUT2D eigenvalue weighted by atomic mass is 10.1. The molecule has 0 fully saturated rings. The van der Waals surface area contributed by atoms with Crippen LogP contribution in [0.15, 0.2) is 29.6 Å². The zero-order valence-electron chi connectivity index (χ0n) is 10.7. The van der Waals surface area contributed by atoms with Gasteiger partial charge in [0.05, 0.1) is 5.01 Å². The molecule has 0 atom stereocenters. The van der Waals surface area contributed by atoms with Crippen LogP contribution < -0.4 is 5.32 Å². The average Bonchev–Trinajstić information content (AvgIpc) is 2.86. The Morgan fingerprint density at radius 3 is 2.74 bits per heavy atom. The number of thiazole rings is 1. The topological polar surface area (TPSA) is 62.2 Å². The van der Waals surface area contributed by atoms with Gasteiger partial charge in [0.2, 0.25) is 0 Å². The molecule has 2 rings (SSSR count). The van der Waals surface area contributed by atoms with Crippen molar-refractivity contribution in [3.05, 3.63) is 51.5 Å². The van der Waals surface area contributed by atoms with Gasteiger partial charge in [-0.05, 0) is 12.5 Å². The van der Waals surface area contributed by atoms with E-state index in [2.05, 4.69) is 41.5 Å². The summed E-state index contributed by atoms with van der Waals surface area (Å²) in [6.07, 6.45) is 0.754. The maximum atomic E-state index is 10.7. The molecule has 1 heterocycles. The van der Waals surface area contributed by atoms with E-state index in [0.29, 0.717) is 0 Å². The van der Waals surface area contributed by atoms with Gasteiger partial charge < -0.3 is 10.4 Å². The van der Waals surface area contributed by atoms with E-state index in [1.54, 1.807) is 5.38 Å². The summed E-state index contributed by atoms with van der Waals surface area (Å²) in [7, 11) is 0. The van der Waals surface area contributed by atoms with Crippen LogP contribution in [0.25, 0.3) is 0 Å². The number of carboxylic acid groups (broad SMARTS) is 1. The number of aryl methyl sites for hydroxylation is 1. The quantitative estimate of drug-likeness (QED) is 0.796. The highest BCUT2D eigenvalue weighted by molar-refractivity contribution is 7.09. The average molecular weight is 276 g/mol. The van der Waals surface area contributed by atoms with Crippen molar-refractivity contribution in [3.63, 3.8) is 0 Å². The minimum atomic E-state index is -0.963. The predicted molar refractivity (Wildman–Crippen MR) is 75.7 cm³/mol. The molecule has 0 aliphatic heterocycles. The maximum absolute atomic E-state index is 10.7. The van der Waals surface area contributed by atoms with Crippen molar-refractivity contribution in [2.75, 3.05) is 6.54 Å². The van der Waals surface area contributed by atoms with E-state index in [-0.39, 0.29) is 5.69 Å². The summed E-state index contributed by atoms with van der Waals surface area (Å²) >= 11 is 1.39. The highest BCUT2D eigenvalue weighted by Crippen LogP contribution is 2.10. The van der Waals surface area contributed by atoms with Crippen molar-refractivity contribution < 1.29 is 9.90 Å². The Kier molecular flexibility index (Phi) is 4.65. The third-order valence-corrected chi connectivity index (χ3v) is 3.64. The largest absolute Gasteiger partial charge is 0.476 e. The van der Waals surface area contributed by atoms with Crippen molar-refractivity contribution in [3.8, 4) is 0 Å². The van der Waals surface area contributed by atoms with E-state index in [9.17, 15) is 4.79 Å². The summed E-state index contributed by atoms with van der Waals surface area (Å²) in [6, 6.07) is 8.40. The fraction of sp³-hybridized carbons (Fsp3) is 0.286. The van der Waals surface area contributed by atoms with E-state index in [1.165, 1.54) is 22.5 Å². The molecule has 2 N–H and O–H groups in total. The molecular weight excluding hydrogens is 260 g/mol. The summed E-state index contributed by atoms with van der Waals surface area (Å²) in [6.45, 7) is 3.68. The Bertz CT molecular complexity index is 549. The zero-order valence-corrected chi connectivity index (χ0v) is 11.5. The molecule has 0 aliphatic rings. The van der Waals surface area contributed by atoms with Crippen LogP contribution in [0.4, 0.5) is 0 Å². The van der Waals surface area contributed by atoms with E-state index < -0.39 is 5.97 Å². The van der Waals surface area contributed by atoms with E-state index >= 15 is 0 Å². The van der Waals surface area contributed by atoms with Crippen LogP contribution in [-0.4, -0.2) is 22.6 Å². The third-order valence-electron chi connectivity index (χ3n) is 2.74. The molecule has 5 heteroatoms. The SMILES string of the molecule is Cc1ccc(CNCCc2nc(C(=O)O)cs2)cc1. The molecule has 0 saturated heterocycles. The van der Waals surface area contributed by atoms with Gasteiger partial charge in [0.25, 0.3) is 0 Å². The molecule has 19 heavy (non-hydrogen) atoms. The number of hydrogen-bond donors (Lipinski definition) is 2. The summed E-state index contributed by atoms with van der Waals surface area (Å²) < 4.78 is 0. The second kappa shape index (κ2) is 6.45. The van der Waals surface area contributed by atoms with Crippen LogP contribution in [0.5, 0.6) is 0 Å². The Hall–Kier alpha value is -1.72. The number of nitrogens with one attached hydrogen (secondary N) is 1.